The largest absolute Gasteiger partial charge is 0.342 e. The molecule has 34 heavy (non-hydrogen) atoms. The van der Waals surface area contributed by atoms with Gasteiger partial charge in [-0.05, 0) is 25.5 Å². The molecule has 2 aromatic carbocycles. The van der Waals surface area contributed by atoms with Crippen LogP contribution in [0.3, 0.4) is 0 Å². The maximum atomic E-state index is 12.6. The van der Waals surface area contributed by atoms with Gasteiger partial charge in [0, 0.05) is 23.6 Å². The number of anilines is 1. The zero-order valence-electron chi connectivity index (χ0n) is 19.0. The molecular weight excluding hydrogens is 468 g/mol. The molecule has 0 unspecified atom stereocenters. The number of aryl methyl sites for hydroxylation is 1. The molecule has 0 fully saturated rings. The van der Waals surface area contributed by atoms with Crippen molar-refractivity contribution in [3.63, 3.8) is 0 Å². The number of hydrogen-bond acceptors (Lipinski definition) is 7. The number of benzene rings is 2. The zero-order valence-corrected chi connectivity index (χ0v) is 20.6. The smallest absolute Gasteiger partial charge is 0.252 e. The van der Waals surface area contributed by atoms with E-state index in [1.807, 2.05) is 74.8 Å². The normalized spacial score (nSPS) is 11.7. The number of thiazole rings is 1. The topological polar surface area (TPSA) is 102 Å². The highest BCUT2D eigenvalue weighted by Crippen LogP contribution is 2.25. The summed E-state index contributed by atoms with van der Waals surface area (Å²) in [6, 6.07) is 16.9. The number of carbonyl (C=O) groups excluding carboxylic acids is 2. The van der Waals surface area contributed by atoms with Crippen LogP contribution in [0, 0.1) is 6.92 Å². The van der Waals surface area contributed by atoms with E-state index in [2.05, 4.69) is 25.8 Å². The predicted octanol–water partition coefficient (Wildman–Crippen LogP) is 4.47. The zero-order chi connectivity index (χ0) is 24.1. The Hall–Kier alpha value is -3.50. The molecule has 4 rings (SSSR count). The van der Waals surface area contributed by atoms with Gasteiger partial charge in [0.15, 0.2) is 16.1 Å². The van der Waals surface area contributed by atoms with Crippen molar-refractivity contribution in [3.05, 3.63) is 76.9 Å². The van der Waals surface area contributed by atoms with Gasteiger partial charge in [-0.1, -0.05) is 60.3 Å². The van der Waals surface area contributed by atoms with Crippen molar-refractivity contribution in [3.8, 4) is 11.3 Å². The molecule has 2 aromatic heterocycles. The molecule has 0 bridgehead atoms. The van der Waals surface area contributed by atoms with E-state index in [1.165, 1.54) is 23.1 Å². The number of aromatic nitrogens is 4. The third-order valence-electron chi connectivity index (χ3n) is 5.15. The van der Waals surface area contributed by atoms with E-state index in [0.717, 1.165) is 16.8 Å². The summed E-state index contributed by atoms with van der Waals surface area (Å²) in [7, 11) is 1.82. The molecule has 2 heterocycles. The first-order valence-corrected chi connectivity index (χ1v) is 12.5. The summed E-state index contributed by atoms with van der Waals surface area (Å²) in [5.74, 6) is 0.429. The number of nitrogens with one attached hydrogen (secondary N) is 2. The molecule has 4 aromatic rings. The van der Waals surface area contributed by atoms with E-state index in [4.69, 9.17) is 0 Å². The predicted molar refractivity (Wildman–Crippen MR) is 135 cm³/mol. The highest BCUT2D eigenvalue weighted by molar-refractivity contribution is 7.99. The van der Waals surface area contributed by atoms with E-state index in [9.17, 15) is 9.59 Å². The molecule has 174 valence electrons. The molecule has 0 aliphatic heterocycles. The van der Waals surface area contributed by atoms with Gasteiger partial charge in [0.05, 0.1) is 17.5 Å². The first-order valence-electron chi connectivity index (χ1n) is 10.6. The van der Waals surface area contributed by atoms with E-state index in [-0.39, 0.29) is 23.6 Å². The third-order valence-corrected chi connectivity index (χ3v) is 6.92. The van der Waals surface area contributed by atoms with Gasteiger partial charge >= 0.3 is 0 Å². The molecule has 0 saturated heterocycles. The van der Waals surface area contributed by atoms with Crippen LogP contribution in [0.1, 0.15) is 34.7 Å². The van der Waals surface area contributed by atoms with Gasteiger partial charge in [0.1, 0.15) is 0 Å². The number of hydrogen-bond donors (Lipinski definition) is 2. The Bertz CT molecular complexity index is 1300. The van der Waals surface area contributed by atoms with E-state index in [0.29, 0.717) is 21.7 Å². The first-order chi connectivity index (χ1) is 16.4. The van der Waals surface area contributed by atoms with Gasteiger partial charge < -0.3 is 15.2 Å². The molecule has 0 radical (unpaired) electrons. The second kappa shape index (κ2) is 10.6. The van der Waals surface area contributed by atoms with Gasteiger partial charge in [-0.2, -0.15) is 0 Å². The molecule has 8 nitrogen and oxygen atoms in total. The lowest BCUT2D eigenvalue weighted by Crippen LogP contribution is -2.29. The van der Waals surface area contributed by atoms with Crippen LogP contribution in [0.5, 0.6) is 0 Å². The maximum absolute atomic E-state index is 12.6. The van der Waals surface area contributed by atoms with E-state index >= 15 is 0 Å². The van der Waals surface area contributed by atoms with Crippen molar-refractivity contribution >= 4 is 40.0 Å². The highest BCUT2D eigenvalue weighted by Gasteiger charge is 2.20. The molecular formula is C24H24N6O2S2. The third kappa shape index (κ3) is 5.52. The number of amides is 2. The maximum Gasteiger partial charge on any atom is 0.252 e. The van der Waals surface area contributed by atoms with Gasteiger partial charge in [0.2, 0.25) is 5.91 Å². The number of carbonyl (C=O) groups is 2. The Morgan fingerprint density at radius 2 is 1.82 bits per heavy atom. The number of rotatable bonds is 8. The summed E-state index contributed by atoms with van der Waals surface area (Å²) in [6.07, 6.45) is 0. The molecule has 0 saturated carbocycles. The second-order valence-electron chi connectivity index (χ2n) is 7.65. The van der Waals surface area contributed by atoms with Crippen LogP contribution in [0.15, 0.2) is 65.1 Å². The fraction of sp³-hybridized carbons (Fsp3) is 0.208. The summed E-state index contributed by atoms with van der Waals surface area (Å²) < 4.78 is 1.79. The SMILES string of the molecule is Cc1ccccc1C(=O)N[C@@H](C)c1nnc(SCC(=O)Nc2nc(-c3ccccc3)cs2)n1C. The summed E-state index contributed by atoms with van der Waals surface area (Å²) in [4.78, 5) is 29.5. The van der Waals surface area contributed by atoms with Crippen molar-refractivity contribution < 1.29 is 9.59 Å². The van der Waals surface area contributed by atoms with Crippen LogP contribution >= 0.6 is 23.1 Å². The Morgan fingerprint density at radius 1 is 1.09 bits per heavy atom. The first kappa shape index (κ1) is 23.7. The van der Waals surface area contributed by atoms with Crippen LogP contribution in [-0.4, -0.2) is 37.3 Å². The molecule has 0 spiro atoms. The van der Waals surface area contributed by atoms with Gasteiger partial charge in [-0.25, -0.2) is 4.98 Å². The van der Waals surface area contributed by atoms with Crippen molar-refractivity contribution in [2.75, 3.05) is 11.1 Å². The van der Waals surface area contributed by atoms with Gasteiger partial charge in [0.25, 0.3) is 5.91 Å². The van der Waals surface area contributed by atoms with E-state index in [1.54, 1.807) is 10.6 Å². The minimum absolute atomic E-state index is 0.163. The van der Waals surface area contributed by atoms with Crippen LogP contribution < -0.4 is 10.6 Å². The molecule has 0 aliphatic carbocycles. The summed E-state index contributed by atoms with van der Waals surface area (Å²) in [5.41, 5.74) is 3.36. The van der Waals surface area contributed by atoms with Crippen LogP contribution in [0.2, 0.25) is 0 Å². The quantitative estimate of drug-likeness (QED) is 0.352. The van der Waals surface area contributed by atoms with Crippen LogP contribution in [0.4, 0.5) is 5.13 Å². The minimum Gasteiger partial charge on any atom is -0.342 e. The number of nitrogens with zero attached hydrogens (tertiary/aromatic N) is 4. The molecule has 2 N–H and O–H groups in total. The lowest BCUT2D eigenvalue weighted by Gasteiger charge is -2.14. The fourth-order valence-electron chi connectivity index (χ4n) is 3.35. The fourth-order valence-corrected chi connectivity index (χ4v) is 4.81. The monoisotopic (exact) mass is 492 g/mol. The van der Waals surface area contributed by atoms with Crippen molar-refractivity contribution in [2.45, 2.75) is 25.0 Å². The lowest BCUT2D eigenvalue weighted by molar-refractivity contribution is -0.113. The van der Waals surface area contributed by atoms with Gasteiger partial charge in [-0.15, -0.1) is 21.5 Å². The Labute approximate surface area is 205 Å². The Kier molecular flexibility index (Phi) is 7.39. The van der Waals surface area contributed by atoms with Crippen molar-refractivity contribution in [1.29, 1.82) is 0 Å². The summed E-state index contributed by atoms with van der Waals surface area (Å²) in [6.45, 7) is 3.75. The highest BCUT2D eigenvalue weighted by atomic mass is 32.2. The van der Waals surface area contributed by atoms with Gasteiger partial charge in [-0.3, -0.25) is 9.59 Å². The minimum atomic E-state index is -0.348. The summed E-state index contributed by atoms with van der Waals surface area (Å²) >= 11 is 2.66. The number of thioether (sulfide) groups is 1. The molecule has 2 amide bonds. The second-order valence-corrected chi connectivity index (χ2v) is 9.45. The Balaban J connectivity index is 1.32. The van der Waals surface area contributed by atoms with Crippen LogP contribution in [0.25, 0.3) is 11.3 Å². The van der Waals surface area contributed by atoms with Crippen LogP contribution in [-0.2, 0) is 11.8 Å². The Morgan fingerprint density at radius 3 is 2.59 bits per heavy atom. The van der Waals surface area contributed by atoms with Crippen molar-refractivity contribution in [1.82, 2.24) is 25.1 Å². The average Bonchev–Trinajstić information content (AvgIpc) is 3.45. The van der Waals surface area contributed by atoms with E-state index < -0.39 is 0 Å². The average molecular weight is 493 g/mol. The molecule has 1 atom stereocenters. The summed E-state index contributed by atoms with van der Waals surface area (Å²) in [5, 5.41) is 17.3. The lowest BCUT2D eigenvalue weighted by atomic mass is 10.1. The molecule has 0 aliphatic rings. The molecule has 10 heteroatoms. The standard InChI is InChI=1S/C24H24N6O2S2/c1-15-9-7-8-12-18(15)22(32)25-16(2)21-28-29-24(30(21)3)34-14-20(31)27-23-26-19(13-33-23)17-10-5-4-6-11-17/h4-13,16H,14H2,1-3H3,(H,25,32)(H,26,27,31)/t16-/m0/s1. The van der Waals surface area contributed by atoms with Crippen molar-refractivity contribution in [2.24, 2.45) is 7.05 Å².